The van der Waals surface area contributed by atoms with Crippen LogP contribution < -0.4 is 9.47 Å². The van der Waals surface area contributed by atoms with Crippen LogP contribution in [0.4, 0.5) is 0 Å². The van der Waals surface area contributed by atoms with E-state index in [1.54, 1.807) is 14.2 Å². The van der Waals surface area contributed by atoms with Gasteiger partial charge in [0.25, 0.3) is 0 Å². The smallest absolute Gasteiger partial charge is 0.132 e. The first-order valence-electron chi connectivity index (χ1n) is 8.85. The fourth-order valence-electron chi connectivity index (χ4n) is 2.85. The summed E-state index contributed by atoms with van der Waals surface area (Å²) in [4.78, 5) is 23.6. The van der Waals surface area contributed by atoms with Crippen LogP contribution in [0.3, 0.4) is 0 Å². The van der Waals surface area contributed by atoms with Crippen molar-refractivity contribution in [2.24, 2.45) is 0 Å². The predicted molar refractivity (Wildman–Crippen MR) is 103 cm³/mol. The average Bonchev–Trinajstić information content (AvgIpc) is 2.66. The summed E-state index contributed by atoms with van der Waals surface area (Å²) >= 11 is 0. The van der Waals surface area contributed by atoms with E-state index in [0.717, 1.165) is 22.6 Å². The van der Waals surface area contributed by atoms with E-state index in [1.807, 2.05) is 48.5 Å². The van der Waals surface area contributed by atoms with Crippen molar-refractivity contribution in [1.29, 1.82) is 0 Å². The number of carbonyl (C=O) groups excluding carboxylic acids is 2. The molecule has 0 spiro atoms. The molecule has 0 saturated carbocycles. The van der Waals surface area contributed by atoms with Crippen molar-refractivity contribution in [2.75, 3.05) is 14.2 Å². The summed E-state index contributed by atoms with van der Waals surface area (Å²) in [5, 5.41) is 0. The normalized spacial score (nSPS) is 12.9. The van der Waals surface area contributed by atoms with Crippen LogP contribution in [0.5, 0.6) is 11.5 Å². The zero-order chi connectivity index (χ0) is 19.8. The lowest BCUT2D eigenvalue weighted by Gasteiger charge is -2.25. The summed E-state index contributed by atoms with van der Waals surface area (Å²) in [5.41, 5.74) is 1.74. The van der Waals surface area contributed by atoms with Gasteiger partial charge in [-0.15, -0.1) is 0 Å². The number of hydrogen-bond donors (Lipinski definition) is 0. The van der Waals surface area contributed by atoms with E-state index >= 15 is 0 Å². The molecule has 5 nitrogen and oxygen atoms in total. The summed E-state index contributed by atoms with van der Waals surface area (Å²) in [6, 6.07) is 14.9. The van der Waals surface area contributed by atoms with Crippen molar-refractivity contribution in [3.63, 3.8) is 0 Å². The molecule has 0 N–H and O–H groups in total. The van der Waals surface area contributed by atoms with Gasteiger partial charge in [-0.2, -0.15) is 0 Å². The number of benzene rings is 2. The third kappa shape index (κ3) is 6.22. The summed E-state index contributed by atoms with van der Waals surface area (Å²) in [6.45, 7) is 3.07. The minimum Gasteiger partial charge on any atom is -0.497 e. The second kappa shape index (κ2) is 9.88. The molecule has 0 saturated heterocycles. The second-order valence-corrected chi connectivity index (χ2v) is 6.47. The maximum absolute atomic E-state index is 11.8. The molecule has 2 unspecified atom stereocenters. The van der Waals surface area contributed by atoms with Gasteiger partial charge in [-0.05, 0) is 49.2 Å². The van der Waals surface area contributed by atoms with Gasteiger partial charge in [-0.3, -0.25) is 9.59 Å². The molecule has 2 aromatic rings. The molecule has 2 atom stereocenters. The van der Waals surface area contributed by atoms with Crippen molar-refractivity contribution in [3.05, 3.63) is 59.7 Å². The van der Waals surface area contributed by atoms with Gasteiger partial charge in [-0.25, -0.2) is 0 Å². The number of ether oxygens (including phenoxy) is 3. The number of rotatable bonds is 10. The molecule has 2 rings (SSSR count). The lowest BCUT2D eigenvalue weighted by atomic mass is 10.0. The molecular weight excluding hydrogens is 344 g/mol. The maximum Gasteiger partial charge on any atom is 0.132 e. The van der Waals surface area contributed by atoms with Crippen molar-refractivity contribution in [1.82, 2.24) is 0 Å². The van der Waals surface area contributed by atoms with Gasteiger partial charge >= 0.3 is 0 Å². The van der Waals surface area contributed by atoms with Crippen LogP contribution in [-0.4, -0.2) is 25.8 Å². The summed E-state index contributed by atoms with van der Waals surface area (Å²) < 4.78 is 16.6. The van der Waals surface area contributed by atoms with E-state index < -0.39 is 12.2 Å². The number of hydrogen-bond acceptors (Lipinski definition) is 5. The van der Waals surface area contributed by atoms with E-state index in [-0.39, 0.29) is 24.4 Å². The highest BCUT2D eigenvalue weighted by Gasteiger charge is 2.23. The topological polar surface area (TPSA) is 61.8 Å². The van der Waals surface area contributed by atoms with Gasteiger partial charge in [0, 0.05) is 12.8 Å². The SMILES string of the molecule is COc1ccc(C(CC(C)=O)OC(CC(C)=O)c2ccc(OC)cc2)cc1. The Kier molecular flexibility index (Phi) is 7.55. The standard InChI is InChI=1S/C22H26O5/c1-15(23)13-21(17-5-9-19(25-3)10-6-17)27-22(14-16(2)24)18-7-11-20(26-4)12-8-18/h5-12,21-22H,13-14H2,1-4H3. The Bertz CT molecular complexity index is 684. The first-order valence-corrected chi connectivity index (χ1v) is 8.85. The third-order valence-electron chi connectivity index (χ3n) is 4.25. The Morgan fingerprint density at radius 2 is 1.04 bits per heavy atom. The number of Topliss-reactive ketones (excluding diaryl/α,β-unsaturated/α-hetero) is 2. The molecule has 0 bridgehead atoms. The van der Waals surface area contributed by atoms with Gasteiger partial charge in [0.1, 0.15) is 23.1 Å². The molecule has 0 fully saturated rings. The van der Waals surface area contributed by atoms with E-state index in [0.29, 0.717) is 0 Å². The highest BCUT2D eigenvalue weighted by molar-refractivity contribution is 5.77. The van der Waals surface area contributed by atoms with Gasteiger partial charge in [0.15, 0.2) is 0 Å². The lowest BCUT2D eigenvalue weighted by molar-refractivity contribution is -0.124. The van der Waals surface area contributed by atoms with Gasteiger partial charge in [0.2, 0.25) is 0 Å². The van der Waals surface area contributed by atoms with Crippen molar-refractivity contribution in [3.8, 4) is 11.5 Å². The molecule has 144 valence electrons. The largest absolute Gasteiger partial charge is 0.497 e. The van der Waals surface area contributed by atoms with E-state index in [4.69, 9.17) is 14.2 Å². The van der Waals surface area contributed by atoms with Gasteiger partial charge in [0.05, 0.1) is 26.4 Å². The Labute approximate surface area is 160 Å². The maximum atomic E-state index is 11.8. The average molecular weight is 370 g/mol. The molecule has 0 heterocycles. The molecular formula is C22H26O5. The first kappa shape index (κ1) is 20.6. The van der Waals surface area contributed by atoms with Crippen molar-refractivity contribution >= 4 is 11.6 Å². The van der Waals surface area contributed by atoms with Crippen molar-refractivity contribution in [2.45, 2.75) is 38.9 Å². The van der Waals surface area contributed by atoms with Crippen LogP contribution in [0.2, 0.25) is 0 Å². The van der Waals surface area contributed by atoms with E-state index in [2.05, 4.69) is 0 Å². The van der Waals surface area contributed by atoms with Crippen LogP contribution in [-0.2, 0) is 14.3 Å². The number of methoxy groups -OCH3 is 2. The highest BCUT2D eigenvalue weighted by Crippen LogP contribution is 2.33. The fraction of sp³-hybridized carbons (Fsp3) is 0.364. The minimum absolute atomic E-state index is 0.0205. The molecule has 0 aliphatic carbocycles. The Morgan fingerprint density at radius 3 is 1.30 bits per heavy atom. The fourth-order valence-corrected chi connectivity index (χ4v) is 2.85. The number of ketones is 2. The molecule has 2 aromatic carbocycles. The summed E-state index contributed by atoms with van der Waals surface area (Å²) in [5.74, 6) is 1.51. The van der Waals surface area contributed by atoms with Crippen LogP contribution in [0.15, 0.2) is 48.5 Å². The molecule has 5 heteroatoms. The Balaban J connectivity index is 2.29. The molecule has 0 radical (unpaired) electrons. The van der Waals surface area contributed by atoms with Crippen LogP contribution in [0.25, 0.3) is 0 Å². The van der Waals surface area contributed by atoms with Gasteiger partial charge < -0.3 is 14.2 Å². The van der Waals surface area contributed by atoms with Crippen molar-refractivity contribution < 1.29 is 23.8 Å². The van der Waals surface area contributed by atoms with E-state index in [1.165, 1.54) is 13.8 Å². The lowest BCUT2D eigenvalue weighted by Crippen LogP contribution is -2.15. The zero-order valence-corrected chi connectivity index (χ0v) is 16.2. The Hall–Kier alpha value is -2.66. The quantitative estimate of drug-likeness (QED) is 0.618. The zero-order valence-electron chi connectivity index (χ0n) is 16.2. The Morgan fingerprint density at radius 1 is 0.704 bits per heavy atom. The molecule has 0 aromatic heterocycles. The summed E-state index contributed by atoms with van der Waals surface area (Å²) in [6.07, 6.45) is -0.423. The van der Waals surface area contributed by atoms with Crippen LogP contribution in [0.1, 0.15) is 50.0 Å². The molecule has 0 aliphatic rings. The van der Waals surface area contributed by atoms with Gasteiger partial charge in [-0.1, -0.05) is 24.3 Å². The minimum atomic E-state index is -0.445. The number of carbonyl (C=O) groups is 2. The second-order valence-electron chi connectivity index (χ2n) is 6.47. The molecule has 0 amide bonds. The monoisotopic (exact) mass is 370 g/mol. The van der Waals surface area contributed by atoms with Crippen LogP contribution >= 0.6 is 0 Å². The highest BCUT2D eigenvalue weighted by atomic mass is 16.5. The summed E-state index contributed by atoms with van der Waals surface area (Å²) in [7, 11) is 3.20. The van der Waals surface area contributed by atoms with Crippen LogP contribution in [0, 0.1) is 0 Å². The first-order chi connectivity index (χ1) is 12.9. The predicted octanol–water partition coefficient (Wildman–Crippen LogP) is 4.46. The third-order valence-corrected chi connectivity index (χ3v) is 4.25. The van der Waals surface area contributed by atoms with E-state index in [9.17, 15) is 9.59 Å². The molecule has 0 aliphatic heterocycles. The molecule has 27 heavy (non-hydrogen) atoms.